The molecule has 0 fully saturated rings. The number of halogens is 2. The first kappa shape index (κ1) is 18.9. The summed E-state index contributed by atoms with van der Waals surface area (Å²) in [5, 5.41) is 0. The lowest BCUT2D eigenvalue weighted by molar-refractivity contribution is 0.0772. The predicted molar refractivity (Wildman–Crippen MR) is 104 cm³/mol. The van der Waals surface area contributed by atoms with Gasteiger partial charge in [-0.2, -0.15) is 0 Å². The topological polar surface area (TPSA) is 37.4 Å². The highest BCUT2D eigenvalue weighted by Crippen LogP contribution is 2.24. The highest BCUT2D eigenvalue weighted by atomic mass is 79.9. The number of ketones is 1. The number of Topliss-reactive ketones (excluding diaryl/α,β-unsaturated/α-hetero) is 1. The molecule has 5 heteroatoms. The fraction of sp³-hybridized carbons (Fsp3) is 0.263. The van der Waals surface area contributed by atoms with Crippen LogP contribution in [0, 0.1) is 0 Å². The smallest absolute Gasteiger partial charge is 0.254 e. The lowest BCUT2D eigenvalue weighted by Crippen LogP contribution is -2.31. The van der Waals surface area contributed by atoms with Crippen molar-refractivity contribution in [2.75, 3.05) is 13.1 Å². The molecule has 0 radical (unpaired) electrons. The number of carbonyl (C=O) groups is 2. The third-order valence-corrected chi connectivity index (χ3v) is 5.12. The van der Waals surface area contributed by atoms with Crippen LogP contribution in [0.2, 0.25) is 0 Å². The van der Waals surface area contributed by atoms with E-state index in [0.29, 0.717) is 24.2 Å². The summed E-state index contributed by atoms with van der Waals surface area (Å²) in [5.41, 5.74) is 1.94. The molecule has 0 aliphatic heterocycles. The molecule has 0 aliphatic rings. The number of carbonyl (C=O) groups excluding carboxylic acids is 2. The Kier molecular flexibility index (Phi) is 6.75. The Morgan fingerprint density at radius 1 is 1.00 bits per heavy atom. The average molecular weight is 453 g/mol. The molecule has 0 aliphatic carbocycles. The molecule has 0 N–H and O–H groups in total. The summed E-state index contributed by atoms with van der Waals surface area (Å²) in [5.74, 6) is -0.0601. The van der Waals surface area contributed by atoms with Gasteiger partial charge in [-0.05, 0) is 43.7 Å². The molecule has 24 heavy (non-hydrogen) atoms. The van der Waals surface area contributed by atoms with Crippen molar-refractivity contribution in [1.29, 1.82) is 0 Å². The summed E-state index contributed by atoms with van der Waals surface area (Å²) in [7, 11) is 0. The van der Waals surface area contributed by atoms with Gasteiger partial charge in [-0.1, -0.05) is 50.1 Å². The highest BCUT2D eigenvalue weighted by Gasteiger charge is 2.20. The first-order valence-corrected chi connectivity index (χ1v) is 9.41. The van der Waals surface area contributed by atoms with E-state index in [1.165, 1.54) is 0 Å². The van der Waals surface area contributed by atoms with Crippen molar-refractivity contribution in [1.82, 2.24) is 4.90 Å². The van der Waals surface area contributed by atoms with Crippen LogP contribution < -0.4 is 0 Å². The number of rotatable bonds is 6. The van der Waals surface area contributed by atoms with Crippen LogP contribution in [0.5, 0.6) is 0 Å². The van der Waals surface area contributed by atoms with E-state index in [0.717, 1.165) is 14.5 Å². The number of nitrogens with zero attached hydrogens (tertiary/aromatic N) is 1. The van der Waals surface area contributed by atoms with Crippen LogP contribution in [-0.2, 0) is 6.42 Å². The van der Waals surface area contributed by atoms with E-state index in [1.807, 2.05) is 38.1 Å². The molecule has 2 rings (SSSR count). The minimum Gasteiger partial charge on any atom is -0.339 e. The van der Waals surface area contributed by atoms with Crippen LogP contribution in [-0.4, -0.2) is 29.7 Å². The van der Waals surface area contributed by atoms with Gasteiger partial charge in [0.1, 0.15) is 0 Å². The van der Waals surface area contributed by atoms with Gasteiger partial charge in [0, 0.05) is 39.6 Å². The van der Waals surface area contributed by atoms with Crippen LogP contribution in [0.1, 0.15) is 40.1 Å². The second kappa shape index (κ2) is 8.58. The molecule has 0 unspecified atom stereocenters. The zero-order chi connectivity index (χ0) is 17.7. The SMILES string of the molecule is CCN(CC)C(=O)c1cccc(Br)c1CC(=O)c1cccc(Br)c1. The van der Waals surface area contributed by atoms with E-state index in [9.17, 15) is 9.59 Å². The van der Waals surface area contributed by atoms with Crippen molar-refractivity contribution in [3.05, 3.63) is 68.1 Å². The van der Waals surface area contributed by atoms with Crippen LogP contribution >= 0.6 is 31.9 Å². The molecule has 0 saturated carbocycles. The molecule has 0 heterocycles. The second-order valence-corrected chi connectivity index (χ2v) is 7.12. The molecular weight excluding hydrogens is 434 g/mol. The zero-order valence-electron chi connectivity index (χ0n) is 13.7. The lowest BCUT2D eigenvalue weighted by atomic mass is 9.98. The van der Waals surface area contributed by atoms with E-state index in [2.05, 4.69) is 31.9 Å². The van der Waals surface area contributed by atoms with Gasteiger partial charge in [0.25, 0.3) is 5.91 Å². The first-order valence-electron chi connectivity index (χ1n) is 7.83. The number of hydrogen-bond acceptors (Lipinski definition) is 2. The molecule has 0 bridgehead atoms. The minimum atomic E-state index is -0.0432. The third-order valence-electron chi connectivity index (χ3n) is 3.88. The molecule has 126 valence electrons. The maximum Gasteiger partial charge on any atom is 0.254 e. The van der Waals surface area contributed by atoms with Crippen molar-refractivity contribution < 1.29 is 9.59 Å². The summed E-state index contributed by atoms with van der Waals surface area (Å²) in [4.78, 5) is 27.1. The van der Waals surface area contributed by atoms with Gasteiger partial charge >= 0.3 is 0 Å². The van der Waals surface area contributed by atoms with Crippen LogP contribution in [0.4, 0.5) is 0 Å². The van der Waals surface area contributed by atoms with Gasteiger partial charge in [-0.25, -0.2) is 0 Å². The fourth-order valence-electron chi connectivity index (χ4n) is 2.54. The minimum absolute atomic E-state index is 0.0169. The van der Waals surface area contributed by atoms with E-state index in [4.69, 9.17) is 0 Å². The molecule has 3 nitrogen and oxygen atoms in total. The van der Waals surface area contributed by atoms with Gasteiger partial charge in [-0.15, -0.1) is 0 Å². The molecule has 2 aromatic rings. The van der Waals surface area contributed by atoms with Crippen molar-refractivity contribution in [3.8, 4) is 0 Å². The van der Waals surface area contributed by atoms with Gasteiger partial charge in [-0.3, -0.25) is 9.59 Å². The largest absolute Gasteiger partial charge is 0.339 e. The summed E-state index contributed by atoms with van der Waals surface area (Å²) in [6.45, 7) is 5.18. The van der Waals surface area contributed by atoms with Crippen molar-refractivity contribution in [2.24, 2.45) is 0 Å². The summed E-state index contributed by atoms with van der Waals surface area (Å²) in [6, 6.07) is 12.8. The summed E-state index contributed by atoms with van der Waals surface area (Å²) < 4.78 is 1.64. The summed E-state index contributed by atoms with van der Waals surface area (Å²) in [6.07, 6.45) is 0.181. The monoisotopic (exact) mass is 451 g/mol. The standard InChI is InChI=1S/C19H19Br2NO2/c1-3-22(4-2)19(24)15-9-6-10-17(21)16(15)12-18(23)13-7-5-8-14(20)11-13/h5-11H,3-4,12H2,1-2H3. The first-order chi connectivity index (χ1) is 11.5. The molecule has 0 spiro atoms. The Morgan fingerprint density at radius 3 is 2.29 bits per heavy atom. The maximum atomic E-state index is 12.7. The van der Waals surface area contributed by atoms with E-state index >= 15 is 0 Å². The average Bonchev–Trinajstić information content (AvgIpc) is 2.57. The zero-order valence-corrected chi connectivity index (χ0v) is 16.9. The van der Waals surface area contributed by atoms with Crippen molar-refractivity contribution in [2.45, 2.75) is 20.3 Å². The summed E-state index contributed by atoms with van der Waals surface area (Å²) >= 11 is 6.88. The Labute approximate surface area is 159 Å². The third kappa shape index (κ3) is 4.33. The molecule has 2 aromatic carbocycles. The predicted octanol–water partition coefficient (Wildman–Crippen LogP) is 5.12. The Balaban J connectivity index is 2.36. The van der Waals surface area contributed by atoms with Crippen molar-refractivity contribution in [3.63, 3.8) is 0 Å². The Bertz CT molecular complexity index is 755. The number of amides is 1. The number of hydrogen-bond donors (Lipinski definition) is 0. The quantitative estimate of drug-likeness (QED) is 0.570. The number of benzene rings is 2. The molecule has 0 saturated heterocycles. The fourth-order valence-corrected chi connectivity index (χ4v) is 3.45. The van der Waals surface area contributed by atoms with Crippen LogP contribution in [0.15, 0.2) is 51.4 Å². The van der Waals surface area contributed by atoms with E-state index in [1.54, 1.807) is 23.1 Å². The normalized spacial score (nSPS) is 10.5. The molecule has 0 atom stereocenters. The van der Waals surface area contributed by atoms with E-state index in [-0.39, 0.29) is 18.1 Å². The van der Waals surface area contributed by atoms with Crippen LogP contribution in [0.25, 0.3) is 0 Å². The molecule has 1 amide bonds. The van der Waals surface area contributed by atoms with Gasteiger partial charge in [0.15, 0.2) is 5.78 Å². The van der Waals surface area contributed by atoms with Gasteiger partial charge < -0.3 is 4.90 Å². The van der Waals surface area contributed by atoms with Gasteiger partial charge in [0.2, 0.25) is 0 Å². The lowest BCUT2D eigenvalue weighted by Gasteiger charge is -2.21. The molecule has 0 aromatic heterocycles. The Morgan fingerprint density at radius 2 is 1.67 bits per heavy atom. The van der Waals surface area contributed by atoms with Gasteiger partial charge in [0.05, 0.1) is 0 Å². The van der Waals surface area contributed by atoms with Crippen LogP contribution in [0.3, 0.4) is 0 Å². The second-order valence-electron chi connectivity index (χ2n) is 5.35. The van der Waals surface area contributed by atoms with Crippen molar-refractivity contribution >= 4 is 43.6 Å². The Hall–Kier alpha value is -1.46. The highest BCUT2D eigenvalue weighted by molar-refractivity contribution is 9.10. The maximum absolute atomic E-state index is 12.7. The molecular formula is C19H19Br2NO2. The van der Waals surface area contributed by atoms with E-state index < -0.39 is 0 Å².